The number of carbonyl (C=O) groups is 4. The first kappa shape index (κ1) is 31.1. The van der Waals surface area contributed by atoms with Crippen LogP contribution in [-0.2, 0) is 24.5 Å². The maximum Gasteiger partial charge on any atom is 0.410 e. The van der Waals surface area contributed by atoms with E-state index in [-0.39, 0.29) is 24.2 Å². The van der Waals surface area contributed by atoms with Crippen LogP contribution in [0.15, 0.2) is 30.3 Å². The van der Waals surface area contributed by atoms with Gasteiger partial charge < -0.3 is 25.4 Å². The van der Waals surface area contributed by atoms with Crippen molar-refractivity contribution in [1.82, 2.24) is 15.5 Å². The van der Waals surface area contributed by atoms with Crippen LogP contribution in [0, 0.1) is 11.8 Å². The predicted octanol–water partition coefficient (Wildman–Crippen LogP) is 4.10. The number of nitrogens with one attached hydrogen (secondary N) is 2. The Hall–Kier alpha value is -3.10. The van der Waals surface area contributed by atoms with Crippen molar-refractivity contribution in [3.8, 4) is 0 Å². The standard InChI is InChI=1S/C29H45N3O6/c1-19(2)17-22(24(33)30-23(25(34)35)18-20(3)4)31-26(36)29(21-11-9-8-10-12-21)13-15-32(16-14-29)27(37)38-28(5,6)7/h8-12,19-20,22-23H,13-18H2,1-7H3,(H,30,33)(H,31,36)(H,34,35)/t22-,23-/m0/s1. The van der Waals surface area contributed by atoms with Gasteiger partial charge >= 0.3 is 12.1 Å². The number of rotatable bonds is 10. The van der Waals surface area contributed by atoms with Gasteiger partial charge in [-0.1, -0.05) is 58.0 Å². The minimum absolute atomic E-state index is 0.0750. The Bertz CT molecular complexity index is 962. The number of ether oxygens (including phenoxy) is 1. The van der Waals surface area contributed by atoms with Gasteiger partial charge in [-0.2, -0.15) is 0 Å². The van der Waals surface area contributed by atoms with Crippen LogP contribution in [0.4, 0.5) is 4.79 Å². The van der Waals surface area contributed by atoms with Crippen molar-refractivity contribution in [3.63, 3.8) is 0 Å². The summed E-state index contributed by atoms with van der Waals surface area (Å²) in [6.45, 7) is 13.8. The smallest absolute Gasteiger partial charge is 0.410 e. The summed E-state index contributed by atoms with van der Waals surface area (Å²) in [5.41, 5.74) is -0.754. The van der Waals surface area contributed by atoms with E-state index in [0.717, 1.165) is 5.56 Å². The first-order chi connectivity index (χ1) is 17.6. The van der Waals surface area contributed by atoms with Gasteiger partial charge in [0, 0.05) is 13.1 Å². The fraction of sp³-hybridized carbons (Fsp3) is 0.655. The molecule has 38 heavy (non-hydrogen) atoms. The number of benzene rings is 1. The fourth-order valence-electron chi connectivity index (χ4n) is 4.77. The molecule has 1 aliphatic heterocycles. The number of aliphatic carboxylic acids is 1. The molecule has 1 saturated heterocycles. The fourth-order valence-corrected chi connectivity index (χ4v) is 4.77. The van der Waals surface area contributed by atoms with Crippen molar-refractivity contribution in [3.05, 3.63) is 35.9 Å². The maximum atomic E-state index is 14.0. The number of amides is 3. The number of likely N-dealkylation sites (tertiary alicyclic amines) is 1. The largest absolute Gasteiger partial charge is 0.480 e. The molecular formula is C29H45N3O6. The zero-order chi connectivity index (χ0) is 28.7. The van der Waals surface area contributed by atoms with E-state index < -0.39 is 41.1 Å². The summed E-state index contributed by atoms with van der Waals surface area (Å²) in [7, 11) is 0. The molecule has 0 radical (unpaired) electrons. The van der Waals surface area contributed by atoms with Crippen LogP contribution in [0.2, 0.25) is 0 Å². The van der Waals surface area contributed by atoms with Crippen molar-refractivity contribution < 1.29 is 29.0 Å². The first-order valence-electron chi connectivity index (χ1n) is 13.5. The van der Waals surface area contributed by atoms with Gasteiger partial charge in [-0.15, -0.1) is 0 Å². The van der Waals surface area contributed by atoms with Crippen LogP contribution in [-0.4, -0.2) is 64.7 Å². The van der Waals surface area contributed by atoms with Gasteiger partial charge in [-0.3, -0.25) is 9.59 Å². The summed E-state index contributed by atoms with van der Waals surface area (Å²) in [6, 6.07) is 7.47. The Labute approximate surface area is 226 Å². The lowest BCUT2D eigenvalue weighted by molar-refractivity contribution is -0.143. The van der Waals surface area contributed by atoms with Crippen LogP contribution in [0.3, 0.4) is 0 Å². The van der Waals surface area contributed by atoms with Crippen molar-refractivity contribution in [2.45, 2.75) is 97.2 Å². The van der Waals surface area contributed by atoms with E-state index in [1.807, 2.05) is 78.8 Å². The number of carbonyl (C=O) groups excluding carboxylic acids is 3. The third-order valence-electron chi connectivity index (χ3n) is 6.68. The molecule has 0 spiro atoms. The molecular weight excluding hydrogens is 486 g/mol. The van der Waals surface area contributed by atoms with Gasteiger partial charge in [-0.25, -0.2) is 9.59 Å². The minimum atomic E-state index is -1.10. The van der Waals surface area contributed by atoms with Gasteiger partial charge in [0.05, 0.1) is 5.41 Å². The third kappa shape index (κ3) is 8.74. The number of hydrogen-bond donors (Lipinski definition) is 3. The van der Waals surface area contributed by atoms with E-state index in [2.05, 4.69) is 10.6 Å². The third-order valence-corrected chi connectivity index (χ3v) is 6.68. The Morgan fingerprint density at radius 1 is 0.921 bits per heavy atom. The second-order valence-corrected chi connectivity index (χ2v) is 12.1. The number of hydrogen-bond acceptors (Lipinski definition) is 5. The van der Waals surface area contributed by atoms with Crippen molar-refractivity contribution in [2.24, 2.45) is 11.8 Å². The summed E-state index contributed by atoms with van der Waals surface area (Å²) >= 11 is 0. The first-order valence-corrected chi connectivity index (χ1v) is 13.5. The molecule has 2 atom stereocenters. The topological polar surface area (TPSA) is 125 Å². The van der Waals surface area contributed by atoms with Gasteiger partial charge in [0.15, 0.2) is 0 Å². The maximum absolute atomic E-state index is 14.0. The summed E-state index contributed by atoms with van der Waals surface area (Å²) in [5, 5.41) is 15.2. The predicted molar refractivity (Wildman–Crippen MR) is 146 cm³/mol. The molecule has 3 amide bonds. The number of nitrogens with zero attached hydrogens (tertiary/aromatic N) is 1. The Balaban J connectivity index is 2.29. The molecule has 2 rings (SSSR count). The minimum Gasteiger partial charge on any atom is -0.480 e. The zero-order valence-electron chi connectivity index (χ0n) is 23.9. The van der Waals surface area contributed by atoms with Crippen LogP contribution in [0.1, 0.15) is 79.7 Å². The molecule has 0 aromatic heterocycles. The highest BCUT2D eigenvalue weighted by Gasteiger charge is 2.45. The van der Waals surface area contributed by atoms with Gasteiger partial charge in [0.1, 0.15) is 17.7 Å². The summed E-state index contributed by atoms with van der Waals surface area (Å²) < 4.78 is 5.52. The molecule has 1 fully saturated rings. The molecule has 0 unspecified atom stereocenters. The van der Waals surface area contributed by atoms with Crippen LogP contribution < -0.4 is 10.6 Å². The second-order valence-electron chi connectivity index (χ2n) is 12.1. The van der Waals surface area contributed by atoms with E-state index in [1.54, 1.807) is 4.90 Å². The summed E-state index contributed by atoms with van der Waals surface area (Å²) in [5.74, 6) is -1.75. The van der Waals surface area contributed by atoms with Gasteiger partial charge in [-0.05, 0) is 63.9 Å². The SMILES string of the molecule is CC(C)C[C@H](NC(=O)[C@H](CC(C)C)NC(=O)C1(c2ccccc2)CCN(C(=O)OC(C)(C)C)CC1)C(=O)O. The molecule has 1 aromatic rings. The average Bonchev–Trinajstić information content (AvgIpc) is 2.82. The van der Waals surface area contributed by atoms with E-state index in [4.69, 9.17) is 4.74 Å². The molecule has 9 nitrogen and oxygen atoms in total. The number of carboxylic acid groups (broad SMARTS) is 1. The van der Waals surface area contributed by atoms with Crippen molar-refractivity contribution >= 4 is 23.9 Å². The van der Waals surface area contributed by atoms with Crippen molar-refractivity contribution in [2.75, 3.05) is 13.1 Å². The molecule has 0 saturated carbocycles. The van der Waals surface area contributed by atoms with Crippen LogP contribution >= 0.6 is 0 Å². The number of carboxylic acids is 1. The highest BCUT2D eigenvalue weighted by atomic mass is 16.6. The molecule has 0 aliphatic carbocycles. The summed E-state index contributed by atoms with van der Waals surface area (Å²) in [6.07, 6.45) is 0.964. The number of piperidine rings is 1. The van der Waals surface area contributed by atoms with Crippen molar-refractivity contribution in [1.29, 1.82) is 0 Å². The average molecular weight is 532 g/mol. The molecule has 212 valence electrons. The van der Waals surface area contributed by atoms with E-state index in [1.165, 1.54) is 0 Å². The van der Waals surface area contributed by atoms with E-state index in [9.17, 15) is 24.3 Å². The molecule has 1 aromatic carbocycles. The molecule has 0 bridgehead atoms. The van der Waals surface area contributed by atoms with Gasteiger partial charge in [0.25, 0.3) is 0 Å². The van der Waals surface area contributed by atoms with Crippen LogP contribution in [0.5, 0.6) is 0 Å². The lowest BCUT2D eigenvalue weighted by atomic mass is 9.71. The molecule has 1 heterocycles. The highest BCUT2D eigenvalue weighted by Crippen LogP contribution is 2.36. The zero-order valence-corrected chi connectivity index (χ0v) is 23.9. The van der Waals surface area contributed by atoms with E-state index in [0.29, 0.717) is 32.4 Å². The normalized spacial score (nSPS) is 17.0. The lowest BCUT2D eigenvalue weighted by Gasteiger charge is -2.42. The molecule has 9 heteroatoms. The second kappa shape index (κ2) is 13.1. The lowest BCUT2D eigenvalue weighted by Crippen LogP contribution is -2.58. The summed E-state index contributed by atoms with van der Waals surface area (Å²) in [4.78, 5) is 53.2. The Morgan fingerprint density at radius 3 is 1.92 bits per heavy atom. The van der Waals surface area contributed by atoms with E-state index >= 15 is 0 Å². The Kier molecular flexibility index (Phi) is 10.7. The Morgan fingerprint density at radius 2 is 1.45 bits per heavy atom. The monoisotopic (exact) mass is 531 g/mol. The highest BCUT2D eigenvalue weighted by molar-refractivity contribution is 5.94. The van der Waals surface area contributed by atoms with Gasteiger partial charge in [0.2, 0.25) is 11.8 Å². The molecule has 3 N–H and O–H groups in total. The van der Waals surface area contributed by atoms with Crippen LogP contribution in [0.25, 0.3) is 0 Å². The quantitative estimate of drug-likeness (QED) is 0.417. The molecule has 1 aliphatic rings.